The lowest BCUT2D eigenvalue weighted by Gasteiger charge is -2.08. The Morgan fingerprint density at radius 1 is 1.05 bits per heavy atom. The molecule has 3 heteroatoms. The minimum absolute atomic E-state index is 0.0126. The molecule has 3 nitrogen and oxygen atoms in total. The molecule has 0 fully saturated rings. The first-order chi connectivity index (χ1) is 9.75. The Balaban J connectivity index is 1.97. The van der Waals surface area contributed by atoms with E-state index in [9.17, 15) is 4.79 Å². The van der Waals surface area contributed by atoms with Gasteiger partial charge < -0.3 is 0 Å². The molecule has 0 aromatic heterocycles. The first kappa shape index (κ1) is 12.5. The van der Waals surface area contributed by atoms with E-state index in [0.717, 1.165) is 5.56 Å². The monoisotopic (exact) mass is 263 g/mol. The fourth-order valence-corrected chi connectivity index (χ4v) is 2.45. The minimum atomic E-state index is -0.0226. The van der Waals surface area contributed by atoms with Gasteiger partial charge in [-0.05, 0) is 10.7 Å². The molecular weight excluding hydrogens is 248 g/mol. The van der Waals surface area contributed by atoms with Crippen LogP contribution in [0.4, 0.5) is 0 Å². The SMILES string of the molecule is C=[N+]1CC(c2ccccc2)C(C(=O)c2ccccc2)=N1. The maximum absolute atomic E-state index is 12.6. The molecule has 0 spiro atoms. The van der Waals surface area contributed by atoms with Crippen LogP contribution in [0.1, 0.15) is 21.8 Å². The number of nitrogens with zero attached hydrogens (tertiary/aromatic N) is 2. The van der Waals surface area contributed by atoms with Crippen LogP contribution in [0.15, 0.2) is 65.8 Å². The highest BCUT2D eigenvalue weighted by molar-refractivity contribution is 6.47. The molecule has 2 aromatic rings. The Kier molecular flexibility index (Phi) is 3.25. The van der Waals surface area contributed by atoms with Crippen LogP contribution in [0.2, 0.25) is 0 Å². The van der Waals surface area contributed by atoms with Crippen LogP contribution in [-0.4, -0.2) is 29.4 Å². The topological polar surface area (TPSA) is 32.4 Å². The van der Waals surface area contributed by atoms with Gasteiger partial charge in [0.25, 0.3) is 0 Å². The molecule has 0 aliphatic carbocycles. The van der Waals surface area contributed by atoms with Crippen LogP contribution in [0, 0.1) is 0 Å². The van der Waals surface area contributed by atoms with Gasteiger partial charge in [0.2, 0.25) is 5.78 Å². The van der Waals surface area contributed by atoms with Gasteiger partial charge in [-0.1, -0.05) is 65.3 Å². The highest BCUT2D eigenvalue weighted by atomic mass is 16.1. The molecule has 0 bridgehead atoms. The van der Waals surface area contributed by atoms with Gasteiger partial charge in [0, 0.05) is 5.56 Å². The third kappa shape index (κ3) is 2.30. The van der Waals surface area contributed by atoms with E-state index < -0.39 is 0 Å². The maximum atomic E-state index is 12.6. The summed E-state index contributed by atoms with van der Waals surface area (Å²) in [4.78, 5) is 12.6. The van der Waals surface area contributed by atoms with E-state index in [1.807, 2.05) is 60.7 Å². The molecule has 1 unspecified atom stereocenters. The van der Waals surface area contributed by atoms with Crippen molar-refractivity contribution in [1.82, 2.24) is 0 Å². The van der Waals surface area contributed by atoms with Crippen LogP contribution in [-0.2, 0) is 0 Å². The number of carbonyl (C=O) groups is 1. The first-order valence-electron chi connectivity index (χ1n) is 6.57. The number of benzene rings is 2. The molecule has 1 atom stereocenters. The lowest BCUT2D eigenvalue weighted by molar-refractivity contribution is -0.515. The molecule has 0 saturated heterocycles. The second-order valence-corrected chi connectivity index (χ2v) is 4.83. The van der Waals surface area contributed by atoms with Crippen molar-refractivity contribution < 1.29 is 9.48 Å². The molecule has 1 aliphatic rings. The number of carbonyl (C=O) groups excluding carboxylic acids is 1. The summed E-state index contributed by atoms with van der Waals surface area (Å²) < 4.78 is 1.59. The normalized spacial score (nSPS) is 17.9. The standard InChI is InChI=1S/C17H15N2O/c1-19-12-15(13-8-4-2-5-9-13)16(18-19)17(20)14-10-6-3-7-11-14/h2-11,15H,1,12H2/q+1. The van der Waals surface area contributed by atoms with Crippen molar-refractivity contribution in [3.63, 3.8) is 0 Å². The second kappa shape index (κ2) is 5.21. The van der Waals surface area contributed by atoms with Crippen LogP contribution < -0.4 is 0 Å². The third-order valence-corrected chi connectivity index (χ3v) is 3.44. The molecule has 0 amide bonds. The third-order valence-electron chi connectivity index (χ3n) is 3.44. The number of hydrogen-bond donors (Lipinski definition) is 0. The van der Waals surface area contributed by atoms with E-state index in [4.69, 9.17) is 0 Å². The molecule has 2 aromatic carbocycles. The van der Waals surface area contributed by atoms with Gasteiger partial charge >= 0.3 is 0 Å². The summed E-state index contributed by atoms with van der Waals surface area (Å²) in [6.07, 6.45) is 0. The van der Waals surface area contributed by atoms with Crippen LogP contribution in [0.5, 0.6) is 0 Å². The molecular formula is C17H15N2O+. The van der Waals surface area contributed by atoms with Gasteiger partial charge in [0.05, 0.1) is 5.92 Å². The summed E-state index contributed by atoms with van der Waals surface area (Å²) in [6, 6.07) is 19.2. The van der Waals surface area contributed by atoms with Gasteiger partial charge in [-0.3, -0.25) is 4.79 Å². The summed E-state index contributed by atoms with van der Waals surface area (Å²) >= 11 is 0. The van der Waals surface area contributed by atoms with Crippen LogP contribution in [0.25, 0.3) is 0 Å². The van der Waals surface area contributed by atoms with Crippen molar-refractivity contribution >= 4 is 18.2 Å². The van der Waals surface area contributed by atoms with E-state index in [-0.39, 0.29) is 11.7 Å². The van der Waals surface area contributed by atoms with Crippen molar-refractivity contribution in [3.8, 4) is 0 Å². The van der Waals surface area contributed by atoms with Crippen molar-refractivity contribution in [2.75, 3.05) is 6.54 Å². The van der Waals surface area contributed by atoms with E-state index in [0.29, 0.717) is 17.8 Å². The molecule has 1 aliphatic heterocycles. The summed E-state index contributed by atoms with van der Waals surface area (Å²) in [5.41, 5.74) is 2.33. The summed E-state index contributed by atoms with van der Waals surface area (Å²) in [7, 11) is 0. The molecule has 3 rings (SSSR count). The van der Waals surface area contributed by atoms with Crippen molar-refractivity contribution in [2.24, 2.45) is 5.10 Å². The highest BCUT2D eigenvalue weighted by Crippen LogP contribution is 2.24. The van der Waals surface area contributed by atoms with E-state index >= 15 is 0 Å². The Morgan fingerprint density at radius 3 is 2.30 bits per heavy atom. The Labute approximate surface area is 117 Å². The molecule has 98 valence electrons. The van der Waals surface area contributed by atoms with Crippen molar-refractivity contribution in [1.29, 1.82) is 0 Å². The average molecular weight is 263 g/mol. The zero-order chi connectivity index (χ0) is 13.9. The molecule has 0 saturated carbocycles. The van der Waals surface area contributed by atoms with Crippen molar-refractivity contribution in [3.05, 3.63) is 71.8 Å². The molecule has 1 heterocycles. The van der Waals surface area contributed by atoms with Gasteiger partial charge in [-0.15, -0.1) is 0 Å². The van der Waals surface area contributed by atoms with E-state index in [2.05, 4.69) is 11.8 Å². The summed E-state index contributed by atoms with van der Waals surface area (Å²) in [5.74, 6) is -0.0352. The fraction of sp³-hybridized carbons (Fsp3) is 0.118. The summed E-state index contributed by atoms with van der Waals surface area (Å²) in [5, 5.41) is 4.31. The van der Waals surface area contributed by atoms with Crippen molar-refractivity contribution in [2.45, 2.75) is 5.92 Å². The fourth-order valence-electron chi connectivity index (χ4n) is 2.45. The Hall–Kier alpha value is -2.55. The van der Waals surface area contributed by atoms with E-state index in [1.165, 1.54) is 0 Å². The number of hydrogen-bond acceptors (Lipinski definition) is 2. The Morgan fingerprint density at radius 2 is 1.65 bits per heavy atom. The van der Waals surface area contributed by atoms with Gasteiger partial charge in [0.1, 0.15) is 0 Å². The second-order valence-electron chi connectivity index (χ2n) is 4.83. The minimum Gasteiger partial charge on any atom is -0.287 e. The lowest BCUT2D eigenvalue weighted by atomic mass is 9.90. The Bertz CT molecular complexity index is 675. The quantitative estimate of drug-likeness (QED) is 0.619. The lowest BCUT2D eigenvalue weighted by Crippen LogP contribution is -2.21. The largest absolute Gasteiger partial charge is 0.287 e. The average Bonchev–Trinajstić information content (AvgIpc) is 2.90. The predicted molar refractivity (Wildman–Crippen MR) is 79.6 cm³/mol. The van der Waals surface area contributed by atoms with Gasteiger partial charge in [0.15, 0.2) is 19.0 Å². The number of ketones is 1. The van der Waals surface area contributed by atoms with Crippen LogP contribution >= 0.6 is 0 Å². The van der Waals surface area contributed by atoms with Gasteiger partial charge in [-0.25, -0.2) is 0 Å². The molecule has 0 N–H and O–H groups in total. The zero-order valence-corrected chi connectivity index (χ0v) is 11.1. The van der Waals surface area contributed by atoms with Crippen LogP contribution in [0.3, 0.4) is 0 Å². The highest BCUT2D eigenvalue weighted by Gasteiger charge is 2.36. The summed E-state index contributed by atoms with van der Waals surface area (Å²) in [6.45, 7) is 4.47. The number of rotatable bonds is 3. The first-order valence-corrected chi connectivity index (χ1v) is 6.57. The smallest absolute Gasteiger partial charge is 0.214 e. The maximum Gasteiger partial charge on any atom is 0.214 e. The van der Waals surface area contributed by atoms with E-state index in [1.54, 1.807) is 4.68 Å². The number of Topliss-reactive ketones (excluding diaryl/α,β-unsaturated/α-hetero) is 1. The molecule has 0 radical (unpaired) electrons. The zero-order valence-electron chi connectivity index (χ0n) is 11.1. The number of hydrazone groups is 1. The molecule has 20 heavy (non-hydrogen) atoms. The predicted octanol–water partition coefficient (Wildman–Crippen LogP) is 2.74. The van der Waals surface area contributed by atoms with Gasteiger partial charge in [-0.2, -0.15) is 0 Å².